The first-order valence-electron chi connectivity index (χ1n) is 5.94. The number of hydrogen-bond acceptors (Lipinski definition) is 4. The third-order valence-corrected chi connectivity index (χ3v) is 3.76. The van der Waals surface area contributed by atoms with E-state index in [1.807, 2.05) is 4.90 Å². The van der Waals surface area contributed by atoms with E-state index in [9.17, 15) is 18.0 Å². The summed E-state index contributed by atoms with van der Waals surface area (Å²) < 4.78 is 40.8. The van der Waals surface area contributed by atoms with Gasteiger partial charge >= 0.3 is 11.5 Å². The highest BCUT2D eigenvalue weighted by atomic mass is 32.2. The zero-order valence-corrected chi connectivity index (χ0v) is 11.1. The number of ether oxygens (including phenoxy) is 1. The number of rotatable bonds is 6. The second kappa shape index (κ2) is 7.23. The molecule has 0 saturated heterocycles. The van der Waals surface area contributed by atoms with Crippen LogP contribution in [0.15, 0.2) is 0 Å². The van der Waals surface area contributed by atoms with E-state index in [-0.39, 0.29) is 42.6 Å². The summed E-state index contributed by atoms with van der Waals surface area (Å²) in [7, 11) is 1.29. The molecule has 18 heavy (non-hydrogen) atoms. The lowest BCUT2D eigenvalue weighted by molar-refractivity contribution is -0.142. The van der Waals surface area contributed by atoms with Crippen LogP contribution in [0.5, 0.6) is 0 Å². The molecule has 0 atom stereocenters. The lowest BCUT2D eigenvalue weighted by Gasteiger charge is -2.27. The van der Waals surface area contributed by atoms with Crippen LogP contribution in [0.3, 0.4) is 0 Å². The van der Waals surface area contributed by atoms with Gasteiger partial charge in [-0.1, -0.05) is 12.8 Å². The average Bonchev–Trinajstić information content (AvgIpc) is 2.79. The molecule has 0 N–H and O–H groups in total. The van der Waals surface area contributed by atoms with Crippen LogP contribution in [0, 0.1) is 0 Å². The molecule has 0 aromatic rings. The summed E-state index contributed by atoms with van der Waals surface area (Å²) in [5, 5.41) is 0. The van der Waals surface area contributed by atoms with Gasteiger partial charge in [-0.15, -0.1) is 0 Å². The van der Waals surface area contributed by atoms with E-state index in [0.29, 0.717) is 0 Å². The van der Waals surface area contributed by atoms with Gasteiger partial charge in [0.1, 0.15) is 0 Å². The van der Waals surface area contributed by atoms with Crippen molar-refractivity contribution in [3.63, 3.8) is 0 Å². The van der Waals surface area contributed by atoms with Crippen LogP contribution in [0.4, 0.5) is 13.2 Å². The van der Waals surface area contributed by atoms with Crippen LogP contribution in [0.1, 0.15) is 25.7 Å². The van der Waals surface area contributed by atoms with Gasteiger partial charge in [0.05, 0.1) is 13.7 Å². The Morgan fingerprint density at radius 1 is 1.39 bits per heavy atom. The zero-order chi connectivity index (χ0) is 13.6. The van der Waals surface area contributed by atoms with Crippen LogP contribution in [0.25, 0.3) is 0 Å². The molecule has 0 aromatic carbocycles. The van der Waals surface area contributed by atoms with Gasteiger partial charge < -0.3 is 4.74 Å². The minimum Gasteiger partial charge on any atom is -0.468 e. The SMILES string of the molecule is COC(=O)CN(CCSC(F)(F)F)C1CCCC1. The largest absolute Gasteiger partial charge is 0.468 e. The number of nitrogens with zero attached hydrogens (tertiary/aromatic N) is 1. The van der Waals surface area contributed by atoms with Gasteiger partial charge in [-0.2, -0.15) is 13.2 Å². The highest BCUT2D eigenvalue weighted by molar-refractivity contribution is 8.00. The van der Waals surface area contributed by atoms with E-state index >= 15 is 0 Å². The minimum absolute atomic E-state index is 0.0384. The smallest absolute Gasteiger partial charge is 0.441 e. The first kappa shape index (κ1) is 15.6. The molecule has 0 spiro atoms. The van der Waals surface area contributed by atoms with E-state index in [0.717, 1.165) is 25.7 Å². The number of alkyl halides is 3. The lowest BCUT2D eigenvalue weighted by Crippen LogP contribution is -2.39. The summed E-state index contributed by atoms with van der Waals surface area (Å²) in [6, 6.07) is 0.220. The summed E-state index contributed by atoms with van der Waals surface area (Å²) in [6.07, 6.45) is 4.06. The second-order valence-corrected chi connectivity index (χ2v) is 5.44. The minimum atomic E-state index is -4.20. The second-order valence-electron chi connectivity index (χ2n) is 4.28. The summed E-state index contributed by atoms with van der Waals surface area (Å²) >= 11 is -0.0384. The van der Waals surface area contributed by atoms with E-state index < -0.39 is 5.51 Å². The Bertz CT molecular complexity index is 268. The molecular weight excluding hydrogens is 267 g/mol. The molecular formula is C11H18F3NO2S. The van der Waals surface area contributed by atoms with Gasteiger partial charge in [0, 0.05) is 18.3 Å². The predicted octanol–water partition coefficient (Wildman–Crippen LogP) is 2.66. The topological polar surface area (TPSA) is 29.5 Å². The highest BCUT2D eigenvalue weighted by Gasteiger charge is 2.30. The Hall–Kier alpha value is -0.430. The molecule has 7 heteroatoms. The number of carbonyl (C=O) groups is 1. The Labute approximate surface area is 109 Å². The maximum atomic E-state index is 12.1. The molecule has 0 bridgehead atoms. The molecule has 3 nitrogen and oxygen atoms in total. The van der Waals surface area contributed by atoms with E-state index in [2.05, 4.69) is 4.74 Å². The fourth-order valence-corrected chi connectivity index (χ4v) is 2.73. The van der Waals surface area contributed by atoms with E-state index in [1.54, 1.807) is 0 Å². The fraction of sp³-hybridized carbons (Fsp3) is 0.909. The van der Waals surface area contributed by atoms with E-state index in [4.69, 9.17) is 0 Å². The number of halogens is 3. The molecule has 0 aromatic heterocycles. The third-order valence-electron chi connectivity index (χ3n) is 3.05. The van der Waals surface area contributed by atoms with Crippen molar-refractivity contribution in [3.8, 4) is 0 Å². The van der Waals surface area contributed by atoms with Crippen molar-refractivity contribution in [1.29, 1.82) is 0 Å². The van der Waals surface area contributed by atoms with Gasteiger partial charge in [-0.3, -0.25) is 9.69 Å². The predicted molar refractivity (Wildman–Crippen MR) is 64.4 cm³/mol. The number of methoxy groups -OCH3 is 1. The molecule has 106 valence electrons. The van der Waals surface area contributed by atoms with Crippen molar-refractivity contribution in [2.75, 3.05) is 26.0 Å². The highest BCUT2D eigenvalue weighted by Crippen LogP contribution is 2.30. The summed E-state index contributed by atoms with van der Waals surface area (Å²) in [5.74, 6) is -0.435. The molecule has 1 aliphatic rings. The fourth-order valence-electron chi connectivity index (χ4n) is 2.17. The quantitative estimate of drug-likeness (QED) is 0.702. The number of carbonyl (C=O) groups excluding carboxylic acids is 1. The number of thioether (sulfide) groups is 1. The molecule has 1 aliphatic carbocycles. The average molecular weight is 285 g/mol. The standard InChI is InChI=1S/C11H18F3NO2S/c1-17-10(16)8-15(9-4-2-3-5-9)6-7-18-11(12,13)14/h9H,2-8H2,1H3. The van der Waals surface area contributed by atoms with Gasteiger partial charge in [0.15, 0.2) is 0 Å². The summed E-state index contributed by atoms with van der Waals surface area (Å²) in [4.78, 5) is 13.1. The van der Waals surface area contributed by atoms with Gasteiger partial charge in [0.25, 0.3) is 0 Å². The van der Waals surface area contributed by atoms with Crippen molar-refractivity contribution in [2.24, 2.45) is 0 Å². The molecule has 1 rings (SSSR count). The van der Waals surface area contributed by atoms with Crippen LogP contribution in [0.2, 0.25) is 0 Å². The molecule has 0 amide bonds. The molecule has 0 unspecified atom stereocenters. The monoisotopic (exact) mass is 285 g/mol. The molecule has 0 aliphatic heterocycles. The number of hydrogen-bond donors (Lipinski definition) is 0. The van der Waals surface area contributed by atoms with E-state index in [1.165, 1.54) is 7.11 Å². The van der Waals surface area contributed by atoms with Gasteiger partial charge in [-0.05, 0) is 24.6 Å². The van der Waals surface area contributed by atoms with Crippen molar-refractivity contribution in [2.45, 2.75) is 37.2 Å². The Morgan fingerprint density at radius 2 is 2.00 bits per heavy atom. The maximum Gasteiger partial charge on any atom is 0.441 e. The Balaban J connectivity index is 2.41. The van der Waals surface area contributed by atoms with Crippen molar-refractivity contribution in [1.82, 2.24) is 4.90 Å². The Kier molecular flexibility index (Phi) is 6.28. The van der Waals surface area contributed by atoms with Crippen LogP contribution < -0.4 is 0 Å². The molecule has 1 saturated carbocycles. The van der Waals surface area contributed by atoms with Crippen molar-refractivity contribution < 1.29 is 22.7 Å². The van der Waals surface area contributed by atoms with Gasteiger partial charge in [-0.25, -0.2) is 0 Å². The number of esters is 1. The molecule has 1 fully saturated rings. The van der Waals surface area contributed by atoms with Crippen molar-refractivity contribution >= 4 is 17.7 Å². The van der Waals surface area contributed by atoms with Crippen LogP contribution in [-0.2, 0) is 9.53 Å². The van der Waals surface area contributed by atoms with Crippen molar-refractivity contribution in [3.05, 3.63) is 0 Å². The normalized spacial score (nSPS) is 17.4. The maximum absolute atomic E-state index is 12.1. The first-order valence-corrected chi connectivity index (χ1v) is 6.92. The third kappa shape index (κ3) is 5.95. The molecule has 0 heterocycles. The van der Waals surface area contributed by atoms with Gasteiger partial charge in [0.2, 0.25) is 0 Å². The summed E-state index contributed by atoms with van der Waals surface area (Å²) in [5.41, 5.74) is -4.20. The Morgan fingerprint density at radius 3 is 2.50 bits per heavy atom. The molecule has 0 radical (unpaired) electrons. The van der Waals surface area contributed by atoms with Crippen LogP contribution in [-0.4, -0.2) is 48.4 Å². The lowest BCUT2D eigenvalue weighted by atomic mass is 10.2. The summed E-state index contributed by atoms with van der Waals surface area (Å²) in [6.45, 7) is 0.351. The first-order chi connectivity index (χ1) is 8.42. The zero-order valence-electron chi connectivity index (χ0n) is 10.3. The van der Waals surface area contributed by atoms with Crippen LogP contribution >= 0.6 is 11.8 Å².